The summed E-state index contributed by atoms with van der Waals surface area (Å²) in [5, 5.41) is 10.2. The molecule has 1 aliphatic heterocycles. The molecule has 3 N–H and O–H groups in total. The first kappa shape index (κ1) is 37.7. The number of nitrogens with zero attached hydrogens (tertiary/aromatic N) is 2. The van der Waals surface area contributed by atoms with Crippen molar-refractivity contribution >= 4 is 33.5 Å². The van der Waals surface area contributed by atoms with Gasteiger partial charge >= 0.3 is 0 Å². The zero-order chi connectivity index (χ0) is 39.3. The molecule has 0 unspecified atom stereocenters. The van der Waals surface area contributed by atoms with Gasteiger partial charge in [0.15, 0.2) is 0 Å². The molecule has 4 bridgehead atoms. The molecule has 3 amide bonds. The Morgan fingerprint density at radius 2 is 1.45 bits per heavy atom. The van der Waals surface area contributed by atoms with Crippen LogP contribution in [0.5, 0.6) is 0 Å². The van der Waals surface area contributed by atoms with Crippen LogP contribution in [0.2, 0.25) is 0 Å². The van der Waals surface area contributed by atoms with Crippen LogP contribution >= 0.6 is 0 Å². The van der Waals surface area contributed by atoms with Crippen molar-refractivity contribution in [2.24, 2.45) is 40.2 Å². The Labute approximate surface area is 326 Å². The summed E-state index contributed by atoms with van der Waals surface area (Å²) in [6.07, 6.45) is 2.49. The molecule has 6 saturated carbocycles. The second-order valence-corrected chi connectivity index (χ2v) is 20.7. The topological polar surface area (TPSA) is 146 Å². The molecule has 11 nitrogen and oxygen atoms in total. The largest absolute Gasteiger partial charge is 0.390 e. The molecule has 2 aromatic carbocycles. The second kappa shape index (κ2) is 13.6. The normalized spacial score (nSPS) is 33.2. The van der Waals surface area contributed by atoms with Gasteiger partial charge in [-0.25, -0.2) is 17.2 Å². The molecule has 1 saturated heterocycles. The molecule has 8 aliphatic rings. The lowest BCUT2D eigenvalue weighted by Gasteiger charge is -2.56. The first-order valence-corrected chi connectivity index (χ1v) is 21.8. The van der Waals surface area contributed by atoms with Crippen LogP contribution in [-0.4, -0.2) is 84.7 Å². The van der Waals surface area contributed by atoms with E-state index in [1.165, 1.54) is 11.3 Å². The van der Waals surface area contributed by atoms with Gasteiger partial charge in [0.25, 0.3) is 5.91 Å². The fourth-order valence-electron chi connectivity index (χ4n) is 10.9. The molecular formula is C42H51F2N5O6S. The maximum absolute atomic E-state index is 15.0. The lowest BCUT2D eigenvalue weighted by molar-refractivity contribution is -0.144. The molecule has 5 atom stereocenters. The van der Waals surface area contributed by atoms with Crippen molar-refractivity contribution in [1.82, 2.24) is 20.3 Å². The molecule has 7 fully saturated rings. The number of carbonyl (C=O) groups excluding carboxylic acids is 3. The fourth-order valence-corrected chi connectivity index (χ4v) is 12.2. The van der Waals surface area contributed by atoms with E-state index in [4.69, 9.17) is 4.84 Å². The third-order valence-corrected chi connectivity index (χ3v) is 15.6. The van der Waals surface area contributed by atoms with Crippen LogP contribution in [0.1, 0.15) is 89.7 Å². The number of halogens is 2. The Kier molecular flexibility index (Phi) is 9.14. The number of carbonyl (C=O) groups is 3. The summed E-state index contributed by atoms with van der Waals surface area (Å²) in [4.78, 5) is 50.5. The molecule has 2 aromatic rings. The molecule has 7 aliphatic carbocycles. The number of amides is 3. The number of nitrogens with one attached hydrogen (secondary N) is 3. The Morgan fingerprint density at radius 3 is 1.96 bits per heavy atom. The Bertz CT molecular complexity index is 2010. The van der Waals surface area contributed by atoms with Crippen molar-refractivity contribution in [2.75, 3.05) is 6.54 Å². The van der Waals surface area contributed by atoms with Gasteiger partial charge < -0.3 is 20.4 Å². The predicted octanol–water partition coefficient (Wildman–Crippen LogP) is 4.98. The summed E-state index contributed by atoms with van der Waals surface area (Å²) in [6, 6.07) is 14.0. The number of alkyl halides is 2. The number of benzene rings is 2. The van der Waals surface area contributed by atoms with Crippen molar-refractivity contribution in [3.8, 4) is 11.1 Å². The van der Waals surface area contributed by atoms with Gasteiger partial charge in [0.05, 0.1) is 23.8 Å². The monoisotopic (exact) mass is 791 g/mol. The maximum atomic E-state index is 15.0. The number of rotatable bonds is 11. The first-order valence-electron chi connectivity index (χ1n) is 20.3. The zero-order valence-electron chi connectivity index (χ0n) is 32.0. The summed E-state index contributed by atoms with van der Waals surface area (Å²) in [5.74, 6) is -1.41. The minimum atomic E-state index is -4.08. The number of oxime groups is 1. The molecule has 0 radical (unpaired) electrons. The van der Waals surface area contributed by atoms with E-state index in [1.807, 2.05) is 74.0 Å². The third kappa shape index (κ3) is 6.61. The zero-order valence-corrected chi connectivity index (χ0v) is 32.9. The van der Waals surface area contributed by atoms with Crippen molar-refractivity contribution in [2.45, 2.75) is 120 Å². The van der Waals surface area contributed by atoms with E-state index < -0.39 is 75.0 Å². The van der Waals surface area contributed by atoms with E-state index in [0.717, 1.165) is 59.8 Å². The van der Waals surface area contributed by atoms with Crippen LogP contribution in [0.15, 0.2) is 53.7 Å². The second-order valence-electron chi connectivity index (χ2n) is 18.7. The SMILES string of the molecule is CC(C)(C)[C@H](NC1C2CC3CC(C2)CC1C3)C(=O)N1C[C@H](ON=C2c3ccccc3-c3ccccc32)C[C@H]1C(=O)N[C@@]1(C(=O)NS(=O)(=O)C2CC2)C[C@H]1C(F)F. The highest BCUT2D eigenvalue weighted by atomic mass is 32.2. The predicted molar refractivity (Wildman–Crippen MR) is 205 cm³/mol. The standard InChI is InChI=1S/C42H51F2N5O6S/c1-41(2,3)36(45-34-24-15-22-14-23(17-24)18-25(34)16-22)39(51)49-21-26(55-47-35-30-10-6-4-8-28(30)29-9-5-7-11-31(29)35)19-33(49)38(50)46-42(20-32(42)37(43)44)40(52)48-56(53,54)27-12-13-27/h4-11,22-27,32-34,36-37,45H,12-21H2,1-3H3,(H,46,50)(H,48,52)/t22?,23?,24?,25?,26-,32+,33+,34?,36-,42+/m1/s1. The summed E-state index contributed by atoms with van der Waals surface area (Å²) in [7, 11) is -4.08. The number of hydrogen-bond donors (Lipinski definition) is 3. The van der Waals surface area contributed by atoms with E-state index in [2.05, 4.69) is 15.8 Å². The van der Waals surface area contributed by atoms with Gasteiger partial charge in [-0.1, -0.05) is 74.5 Å². The molecule has 0 spiro atoms. The van der Waals surface area contributed by atoms with Crippen molar-refractivity contribution in [3.63, 3.8) is 0 Å². The smallest absolute Gasteiger partial charge is 0.259 e. The van der Waals surface area contributed by atoms with Crippen LogP contribution < -0.4 is 15.4 Å². The van der Waals surface area contributed by atoms with Gasteiger partial charge in [-0.05, 0) is 91.6 Å². The average molecular weight is 792 g/mol. The Morgan fingerprint density at radius 1 is 0.875 bits per heavy atom. The van der Waals surface area contributed by atoms with Crippen LogP contribution in [-0.2, 0) is 29.2 Å². The van der Waals surface area contributed by atoms with Gasteiger partial charge in [-0.15, -0.1) is 0 Å². The average Bonchev–Trinajstić information content (AvgIpc) is 4.06. The molecule has 1 heterocycles. The van der Waals surface area contributed by atoms with E-state index in [9.17, 15) is 31.6 Å². The quantitative estimate of drug-likeness (QED) is 0.232. The third-order valence-electron chi connectivity index (χ3n) is 13.8. The van der Waals surface area contributed by atoms with Crippen LogP contribution in [0, 0.1) is 35.0 Å². The highest BCUT2D eigenvalue weighted by molar-refractivity contribution is 7.91. The van der Waals surface area contributed by atoms with Gasteiger partial charge in [-0.2, -0.15) is 0 Å². The van der Waals surface area contributed by atoms with Crippen molar-refractivity contribution in [3.05, 3.63) is 59.7 Å². The lowest BCUT2D eigenvalue weighted by Crippen LogP contribution is -2.64. The van der Waals surface area contributed by atoms with Crippen molar-refractivity contribution in [1.29, 1.82) is 0 Å². The van der Waals surface area contributed by atoms with E-state index in [-0.39, 0.29) is 24.9 Å². The Hall–Kier alpha value is -3.91. The van der Waals surface area contributed by atoms with Crippen LogP contribution in [0.25, 0.3) is 11.1 Å². The number of sulfonamides is 1. The maximum Gasteiger partial charge on any atom is 0.259 e. The van der Waals surface area contributed by atoms with Gasteiger partial charge in [0, 0.05) is 23.6 Å². The minimum absolute atomic E-state index is 0.000453. The number of hydrogen-bond acceptors (Lipinski definition) is 8. The summed E-state index contributed by atoms with van der Waals surface area (Å²) in [6.45, 7) is 5.99. The van der Waals surface area contributed by atoms with Gasteiger partial charge in [0.2, 0.25) is 28.3 Å². The minimum Gasteiger partial charge on any atom is -0.390 e. The number of fused-ring (bicyclic) bond motifs is 3. The van der Waals surface area contributed by atoms with Crippen molar-refractivity contribution < 1.29 is 36.4 Å². The van der Waals surface area contributed by atoms with Gasteiger partial charge in [-0.3, -0.25) is 19.1 Å². The van der Waals surface area contributed by atoms with E-state index >= 15 is 0 Å². The fraction of sp³-hybridized carbons (Fsp3) is 0.619. The first-order chi connectivity index (χ1) is 26.6. The summed E-state index contributed by atoms with van der Waals surface area (Å²) in [5.41, 5.74) is 1.76. The van der Waals surface area contributed by atoms with Crippen LogP contribution in [0.4, 0.5) is 8.78 Å². The highest BCUT2D eigenvalue weighted by Gasteiger charge is 2.67. The lowest BCUT2D eigenvalue weighted by atomic mass is 9.54. The molecule has 0 aromatic heterocycles. The van der Waals surface area contributed by atoms with Crippen LogP contribution in [0.3, 0.4) is 0 Å². The highest BCUT2D eigenvalue weighted by Crippen LogP contribution is 2.54. The number of likely N-dealkylation sites (tertiary alicyclic amines) is 1. The van der Waals surface area contributed by atoms with E-state index in [0.29, 0.717) is 30.4 Å². The molecule has 14 heteroatoms. The molecule has 10 rings (SSSR count). The Balaban J connectivity index is 1.01. The molecular weight excluding hydrogens is 741 g/mol. The van der Waals surface area contributed by atoms with E-state index in [1.54, 1.807) is 0 Å². The van der Waals surface area contributed by atoms with Gasteiger partial charge in [0.1, 0.15) is 23.4 Å². The molecule has 300 valence electrons. The molecule has 56 heavy (non-hydrogen) atoms. The summed E-state index contributed by atoms with van der Waals surface area (Å²) >= 11 is 0. The summed E-state index contributed by atoms with van der Waals surface area (Å²) < 4.78 is 55.9.